The highest BCUT2D eigenvalue weighted by Gasteiger charge is 2.20. The summed E-state index contributed by atoms with van der Waals surface area (Å²) in [5.41, 5.74) is 1.83. The van der Waals surface area contributed by atoms with Gasteiger partial charge < -0.3 is 33.9 Å². The van der Waals surface area contributed by atoms with E-state index in [1.54, 1.807) is 49.4 Å². The molecule has 11 heteroatoms. The van der Waals surface area contributed by atoms with Crippen LogP contribution in [-0.2, 0) is 19.1 Å². The molecule has 0 aliphatic rings. The SMILES string of the molecule is C=CC(=O)OCCCCOc1ccc(C(=O)O)c(-c2ccc(-c3cc(OCCCCOC(=O)C=C)ccc3C(=O)O)c(OCC)c2)c1. The van der Waals surface area contributed by atoms with Crippen LogP contribution in [0.4, 0.5) is 0 Å². The van der Waals surface area contributed by atoms with E-state index in [-0.39, 0.29) is 30.9 Å². The molecule has 0 radical (unpaired) electrons. The van der Waals surface area contributed by atoms with Crippen LogP contribution in [0.5, 0.6) is 17.2 Å². The molecule has 0 spiro atoms. The minimum Gasteiger partial charge on any atom is -0.494 e. The highest BCUT2D eigenvalue weighted by atomic mass is 16.5. The van der Waals surface area contributed by atoms with E-state index >= 15 is 0 Å². The summed E-state index contributed by atoms with van der Waals surface area (Å²) in [7, 11) is 0. The number of hydrogen-bond donors (Lipinski definition) is 2. The second kappa shape index (κ2) is 18.4. The highest BCUT2D eigenvalue weighted by Crippen LogP contribution is 2.39. The van der Waals surface area contributed by atoms with Gasteiger partial charge in [0, 0.05) is 23.3 Å². The molecule has 0 aromatic heterocycles. The van der Waals surface area contributed by atoms with Crippen LogP contribution in [0.2, 0.25) is 0 Å². The van der Waals surface area contributed by atoms with E-state index in [1.807, 2.05) is 0 Å². The van der Waals surface area contributed by atoms with Gasteiger partial charge in [0.25, 0.3) is 0 Å². The second-order valence-corrected chi connectivity index (χ2v) is 10.0. The van der Waals surface area contributed by atoms with Crippen LogP contribution >= 0.6 is 0 Å². The molecule has 11 nitrogen and oxygen atoms in total. The van der Waals surface area contributed by atoms with Crippen molar-refractivity contribution in [3.8, 4) is 39.5 Å². The zero-order chi connectivity index (χ0) is 34.2. The van der Waals surface area contributed by atoms with E-state index in [9.17, 15) is 29.4 Å². The van der Waals surface area contributed by atoms with E-state index in [0.717, 1.165) is 12.2 Å². The van der Waals surface area contributed by atoms with E-state index in [0.29, 0.717) is 78.4 Å². The maximum atomic E-state index is 12.2. The molecule has 0 atom stereocenters. The number of ether oxygens (including phenoxy) is 5. The summed E-state index contributed by atoms with van der Waals surface area (Å²) >= 11 is 0. The maximum Gasteiger partial charge on any atom is 0.336 e. The summed E-state index contributed by atoms with van der Waals surface area (Å²) in [4.78, 5) is 46.7. The van der Waals surface area contributed by atoms with Gasteiger partial charge in [0.2, 0.25) is 0 Å². The third-order valence-corrected chi connectivity index (χ3v) is 6.76. The molecule has 0 heterocycles. The first kappa shape index (κ1) is 35.9. The quantitative estimate of drug-likeness (QED) is 0.0776. The normalized spacial score (nSPS) is 10.4. The molecule has 0 unspecified atom stereocenters. The molecule has 0 amide bonds. The predicted octanol–water partition coefficient (Wildman–Crippen LogP) is 6.59. The van der Waals surface area contributed by atoms with Gasteiger partial charge in [-0.25, -0.2) is 19.2 Å². The summed E-state index contributed by atoms with van der Waals surface area (Å²) in [5.74, 6) is -2.01. The van der Waals surface area contributed by atoms with Crippen molar-refractivity contribution >= 4 is 23.9 Å². The predicted molar refractivity (Wildman–Crippen MR) is 174 cm³/mol. The fraction of sp³-hybridized carbons (Fsp3) is 0.278. The number of carbonyl (C=O) groups is 4. The van der Waals surface area contributed by atoms with E-state index < -0.39 is 23.9 Å². The number of esters is 2. The molecular formula is C36H38O11. The van der Waals surface area contributed by atoms with Crippen LogP contribution in [0.3, 0.4) is 0 Å². The Morgan fingerprint density at radius 3 is 1.60 bits per heavy atom. The fourth-order valence-electron chi connectivity index (χ4n) is 4.50. The van der Waals surface area contributed by atoms with Crippen LogP contribution in [0.15, 0.2) is 79.9 Å². The van der Waals surface area contributed by atoms with Crippen LogP contribution in [0.1, 0.15) is 53.3 Å². The molecule has 47 heavy (non-hydrogen) atoms. The number of unbranched alkanes of at least 4 members (excludes halogenated alkanes) is 2. The van der Waals surface area contributed by atoms with Gasteiger partial charge in [-0.2, -0.15) is 0 Å². The van der Waals surface area contributed by atoms with E-state index in [1.165, 1.54) is 12.1 Å². The Hall–Kier alpha value is -5.58. The Kier molecular flexibility index (Phi) is 14.1. The van der Waals surface area contributed by atoms with Gasteiger partial charge in [0.05, 0.1) is 44.2 Å². The number of rotatable bonds is 20. The second-order valence-electron chi connectivity index (χ2n) is 10.0. The van der Waals surface area contributed by atoms with Gasteiger partial charge in [-0.05, 0) is 86.2 Å². The molecule has 3 aromatic rings. The Morgan fingerprint density at radius 2 is 1.11 bits per heavy atom. The lowest BCUT2D eigenvalue weighted by Crippen LogP contribution is -2.06. The largest absolute Gasteiger partial charge is 0.494 e. The molecule has 0 aliphatic heterocycles. The van der Waals surface area contributed by atoms with Gasteiger partial charge in [0.1, 0.15) is 17.2 Å². The summed E-state index contributed by atoms with van der Waals surface area (Å²) in [6, 6.07) is 14.3. The fourth-order valence-corrected chi connectivity index (χ4v) is 4.50. The average molecular weight is 647 g/mol. The van der Waals surface area contributed by atoms with Crippen LogP contribution in [0, 0.1) is 0 Å². The summed E-state index contributed by atoms with van der Waals surface area (Å²) < 4.78 is 27.5. The van der Waals surface area contributed by atoms with Crippen molar-refractivity contribution in [3.05, 3.63) is 91.0 Å². The van der Waals surface area contributed by atoms with Crippen molar-refractivity contribution in [2.75, 3.05) is 33.0 Å². The monoisotopic (exact) mass is 646 g/mol. The van der Waals surface area contributed by atoms with Crippen molar-refractivity contribution in [1.29, 1.82) is 0 Å². The van der Waals surface area contributed by atoms with Crippen molar-refractivity contribution in [2.24, 2.45) is 0 Å². The maximum absolute atomic E-state index is 12.2. The Balaban J connectivity index is 1.86. The van der Waals surface area contributed by atoms with Gasteiger partial charge in [-0.3, -0.25) is 0 Å². The van der Waals surface area contributed by atoms with Crippen molar-refractivity contribution in [1.82, 2.24) is 0 Å². The molecule has 3 rings (SSSR count). The third-order valence-electron chi connectivity index (χ3n) is 6.76. The lowest BCUT2D eigenvalue weighted by Gasteiger charge is -2.17. The molecule has 248 valence electrons. The molecule has 2 N–H and O–H groups in total. The molecule has 0 bridgehead atoms. The van der Waals surface area contributed by atoms with Gasteiger partial charge in [-0.1, -0.05) is 25.3 Å². The standard InChI is InChI=1S/C36H38O11/c1-4-33(37)46-19-9-7-17-44-25-12-15-28(35(39)40)30(22-25)24-11-14-27(32(21-24)43-6-3)31-23-26(13-16-29(31)36(41)42)45-18-8-10-20-47-34(38)5-2/h4-5,11-16,21-23H,1-2,6-10,17-20H2,3H3,(H,39,40)(H,41,42). The van der Waals surface area contributed by atoms with E-state index in [4.69, 9.17) is 23.7 Å². The third kappa shape index (κ3) is 10.8. The number of carbonyl (C=O) groups excluding carboxylic acids is 2. The minimum absolute atomic E-state index is 0.0308. The smallest absolute Gasteiger partial charge is 0.336 e. The summed E-state index contributed by atoms with van der Waals surface area (Å²) in [6.07, 6.45) is 4.55. The number of benzene rings is 3. The number of hydrogen-bond acceptors (Lipinski definition) is 9. The van der Waals surface area contributed by atoms with Crippen molar-refractivity contribution < 1.29 is 53.1 Å². The van der Waals surface area contributed by atoms with E-state index in [2.05, 4.69) is 13.2 Å². The number of carboxylic acids is 2. The first-order chi connectivity index (χ1) is 22.7. The summed E-state index contributed by atoms with van der Waals surface area (Å²) in [6.45, 7) is 9.85. The van der Waals surface area contributed by atoms with Gasteiger partial charge in [-0.15, -0.1) is 0 Å². The first-order valence-electron chi connectivity index (χ1n) is 15.0. The highest BCUT2D eigenvalue weighted by molar-refractivity contribution is 5.99. The Bertz CT molecular complexity index is 1590. The number of carboxylic acid groups (broad SMARTS) is 2. The molecular weight excluding hydrogens is 608 g/mol. The molecule has 0 saturated heterocycles. The lowest BCUT2D eigenvalue weighted by atomic mass is 9.93. The molecule has 0 saturated carbocycles. The van der Waals surface area contributed by atoms with Crippen LogP contribution in [-0.4, -0.2) is 67.1 Å². The van der Waals surface area contributed by atoms with Gasteiger partial charge >= 0.3 is 23.9 Å². The van der Waals surface area contributed by atoms with Crippen LogP contribution < -0.4 is 14.2 Å². The minimum atomic E-state index is -1.14. The topological polar surface area (TPSA) is 155 Å². The Labute approximate surface area is 273 Å². The van der Waals surface area contributed by atoms with Crippen molar-refractivity contribution in [2.45, 2.75) is 32.6 Å². The number of aromatic carboxylic acids is 2. The summed E-state index contributed by atoms with van der Waals surface area (Å²) in [5, 5.41) is 19.9. The molecule has 3 aromatic carbocycles. The zero-order valence-corrected chi connectivity index (χ0v) is 26.2. The lowest BCUT2D eigenvalue weighted by molar-refractivity contribution is -0.138. The average Bonchev–Trinajstić information content (AvgIpc) is 3.07. The van der Waals surface area contributed by atoms with Crippen molar-refractivity contribution in [3.63, 3.8) is 0 Å². The molecule has 0 fully saturated rings. The van der Waals surface area contributed by atoms with Gasteiger partial charge in [0.15, 0.2) is 0 Å². The van der Waals surface area contributed by atoms with Crippen LogP contribution in [0.25, 0.3) is 22.3 Å². The Morgan fingerprint density at radius 1 is 0.617 bits per heavy atom. The molecule has 0 aliphatic carbocycles. The zero-order valence-electron chi connectivity index (χ0n) is 26.2. The first-order valence-corrected chi connectivity index (χ1v) is 15.0.